The standard InChI is InChI=1S/C16H20Cl2N4O3S2/c1-10-14(11(2)20(3)19-10)27(24,25)22-6-4-5-21(7-8-22)16(23)12-9-13(17)26-15(12)18/h9H,4-8H2,1-3H3. The Morgan fingerprint density at radius 2 is 1.89 bits per heavy atom. The van der Waals surface area contributed by atoms with Gasteiger partial charge in [-0.1, -0.05) is 23.2 Å². The van der Waals surface area contributed by atoms with Crippen molar-refractivity contribution in [3.8, 4) is 0 Å². The Hall–Kier alpha value is -1.13. The third-order valence-electron chi connectivity index (χ3n) is 4.67. The molecule has 1 fully saturated rings. The van der Waals surface area contributed by atoms with Crippen molar-refractivity contribution in [1.82, 2.24) is 19.0 Å². The summed E-state index contributed by atoms with van der Waals surface area (Å²) >= 11 is 13.2. The van der Waals surface area contributed by atoms with E-state index in [2.05, 4.69) is 5.10 Å². The van der Waals surface area contributed by atoms with Crippen LogP contribution in [0.4, 0.5) is 0 Å². The zero-order chi connectivity index (χ0) is 19.9. The van der Waals surface area contributed by atoms with E-state index in [1.807, 2.05) is 0 Å². The highest BCUT2D eigenvalue weighted by molar-refractivity contribution is 7.89. The number of carbonyl (C=O) groups excluding carboxylic acids is 1. The number of carbonyl (C=O) groups is 1. The van der Waals surface area contributed by atoms with Crippen LogP contribution in [0.5, 0.6) is 0 Å². The molecule has 0 spiro atoms. The van der Waals surface area contributed by atoms with Crippen LogP contribution >= 0.6 is 34.5 Å². The van der Waals surface area contributed by atoms with Crippen molar-refractivity contribution < 1.29 is 13.2 Å². The van der Waals surface area contributed by atoms with Gasteiger partial charge in [0, 0.05) is 33.2 Å². The van der Waals surface area contributed by atoms with Gasteiger partial charge in [0.2, 0.25) is 10.0 Å². The molecule has 3 rings (SSSR count). The van der Waals surface area contributed by atoms with Crippen LogP contribution in [-0.2, 0) is 17.1 Å². The monoisotopic (exact) mass is 450 g/mol. The number of aromatic nitrogens is 2. The first-order valence-corrected chi connectivity index (χ1v) is 11.4. The minimum atomic E-state index is -3.68. The van der Waals surface area contributed by atoms with Crippen molar-refractivity contribution in [3.63, 3.8) is 0 Å². The second kappa shape index (κ2) is 7.71. The molecule has 0 bridgehead atoms. The van der Waals surface area contributed by atoms with Crippen LogP contribution in [0.25, 0.3) is 0 Å². The summed E-state index contributed by atoms with van der Waals surface area (Å²) in [7, 11) is -1.95. The first kappa shape index (κ1) is 20.6. The van der Waals surface area contributed by atoms with Crippen molar-refractivity contribution in [3.05, 3.63) is 31.7 Å². The van der Waals surface area contributed by atoms with E-state index in [1.54, 1.807) is 36.5 Å². The van der Waals surface area contributed by atoms with Crippen molar-refractivity contribution in [1.29, 1.82) is 0 Å². The molecule has 3 heterocycles. The summed E-state index contributed by atoms with van der Waals surface area (Å²) < 4.78 is 30.1. The van der Waals surface area contributed by atoms with E-state index < -0.39 is 10.0 Å². The molecule has 148 valence electrons. The third-order valence-corrected chi connectivity index (χ3v) is 8.31. The Morgan fingerprint density at radius 1 is 1.19 bits per heavy atom. The van der Waals surface area contributed by atoms with E-state index in [0.29, 0.717) is 51.7 Å². The smallest absolute Gasteiger partial charge is 0.256 e. The molecule has 0 saturated carbocycles. The van der Waals surface area contributed by atoms with Crippen molar-refractivity contribution in [2.75, 3.05) is 26.2 Å². The fourth-order valence-corrected chi connectivity index (χ4v) is 6.57. The summed E-state index contributed by atoms with van der Waals surface area (Å²) in [6.45, 7) is 4.74. The topological polar surface area (TPSA) is 75.5 Å². The molecule has 2 aromatic rings. The molecule has 0 aliphatic carbocycles. The molecule has 0 aromatic carbocycles. The van der Waals surface area contributed by atoms with Crippen LogP contribution in [0.3, 0.4) is 0 Å². The van der Waals surface area contributed by atoms with E-state index in [1.165, 1.54) is 4.31 Å². The molecule has 2 aromatic heterocycles. The summed E-state index contributed by atoms with van der Waals surface area (Å²) in [6.07, 6.45) is 0.540. The van der Waals surface area contributed by atoms with Gasteiger partial charge in [-0.3, -0.25) is 9.48 Å². The second-order valence-electron chi connectivity index (χ2n) is 6.41. The van der Waals surface area contributed by atoms with Gasteiger partial charge in [-0.25, -0.2) is 8.42 Å². The van der Waals surface area contributed by atoms with Crippen LogP contribution in [0, 0.1) is 13.8 Å². The molecule has 11 heteroatoms. The highest BCUT2D eigenvalue weighted by Gasteiger charge is 2.33. The number of amides is 1. The zero-order valence-corrected chi connectivity index (χ0v) is 18.3. The Bertz CT molecular complexity index is 984. The van der Waals surface area contributed by atoms with Crippen LogP contribution < -0.4 is 0 Å². The minimum Gasteiger partial charge on any atom is -0.337 e. The number of halogens is 2. The maximum Gasteiger partial charge on any atom is 0.256 e. The molecule has 0 N–H and O–H groups in total. The molecular formula is C16H20Cl2N4O3S2. The lowest BCUT2D eigenvalue weighted by Crippen LogP contribution is -2.37. The maximum absolute atomic E-state index is 13.1. The molecule has 7 nitrogen and oxygen atoms in total. The lowest BCUT2D eigenvalue weighted by atomic mass is 10.3. The van der Waals surface area contributed by atoms with Crippen LogP contribution in [-0.4, -0.2) is 59.5 Å². The Balaban J connectivity index is 1.80. The Morgan fingerprint density at radius 3 is 2.44 bits per heavy atom. The fraction of sp³-hybridized carbons (Fsp3) is 0.500. The minimum absolute atomic E-state index is 0.220. The summed E-state index contributed by atoms with van der Waals surface area (Å²) in [5.74, 6) is -0.226. The number of sulfonamides is 1. The number of aryl methyl sites for hydroxylation is 2. The first-order valence-electron chi connectivity index (χ1n) is 8.37. The summed E-state index contributed by atoms with van der Waals surface area (Å²) in [5.41, 5.74) is 1.44. The molecule has 1 saturated heterocycles. The van der Waals surface area contributed by atoms with E-state index >= 15 is 0 Å². The van der Waals surface area contributed by atoms with E-state index in [0.717, 1.165) is 11.3 Å². The Kier molecular flexibility index (Phi) is 5.88. The number of rotatable bonds is 3. The number of nitrogens with zero attached hydrogens (tertiary/aromatic N) is 4. The summed E-state index contributed by atoms with van der Waals surface area (Å²) in [4.78, 5) is 14.6. The van der Waals surface area contributed by atoms with Gasteiger partial charge in [0.15, 0.2) is 0 Å². The molecule has 0 radical (unpaired) electrons. The molecule has 1 aliphatic rings. The maximum atomic E-state index is 13.1. The summed E-state index contributed by atoms with van der Waals surface area (Å²) in [6, 6.07) is 1.55. The molecule has 1 aliphatic heterocycles. The van der Waals surface area contributed by atoms with Gasteiger partial charge in [0.25, 0.3) is 5.91 Å². The number of thiophene rings is 1. The zero-order valence-electron chi connectivity index (χ0n) is 15.2. The van der Waals surface area contributed by atoms with E-state index in [4.69, 9.17) is 23.2 Å². The van der Waals surface area contributed by atoms with Crippen LogP contribution in [0.15, 0.2) is 11.0 Å². The largest absolute Gasteiger partial charge is 0.337 e. The summed E-state index contributed by atoms with van der Waals surface area (Å²) in [5, 5.41) is 4.21. The lowest BCUT2D eigenvalue weighted by molar-refractivity contribution is 0.0765. The van der Waals surface area contributed by atoms with Gasteiger partial charge in [-0.05, 0) is 26.3 Å². The van der Waals surface area contributed by atoms with Crippen molar-refractivity contribution in [2.24, 2.45) is 7.05 Å². The normalized spacial score (nSPS) is 16.6. The average Bonchev–Trinajstić information content (AvgIpc) is 2.93. The van der Waals surface area contributed by atoms with Gasteiger partial charge in [-0.15, -0.1) is 11.3 Å². The molecule has 1 amide bonds. The van der Waals surface area contributed by atoms with Gasteiger partial charge < -0.3 is 4.90 Å². The molecule has 27 heavy (non-hydrogen) atoms. The number of hydrogen-bond donors (Lipinski definition) is 0. The Labute approximate surface area is 172 Å². The lowest BCUT2D eigenvalue weighted by Gasteiger charge is -2.22. The van der Waals surface area contributed by atoms with Crippen LogP contribution in [0.2, 0.25) is 8.67 Å². The SMILES string of the molecule is Cc1nn(C)c(C)c1S(=O)(=O)N1CCCN(C(=O)c2cc(Cl)sc2Cl)CC1. The number of hydrogen-bond acceptors (Lipinski definition) is 5. The molecule has 0 unspecified atom stereocenters. The average molecular weight is 451 g/mol. The molecular weight excluding hydrogens is 431 g/mol. The third kappa shape index (κ3) is 3.88. The fourth-order valence-electron chi connectivity index (χ4n) is 3.25. The highest BCUT2D eigenvalue weighted by atomic mass is 35.5. The predicted octanol–water partition coefficient (Wildman–Crippen LogP) is 2.94. The molecule has 0 atom stereocenters. The predicted molar refractivity (Wildman–Crippen MR) is 106 cm³/mol. The van der Waals surface area contributed by atoms with Gasteiger partial charge in [0.05, 0.1) is 21.3 Å². The second-order valence-corrected chi connectivity index (χ2v) is 10.6. The van der Waals surface area contributed by atoms with Crippen molar-refractivity contribution >= 4 is 50.5 Å². The highest BCUT2D eigenvalue weighted by Crippen LogP contribution is 2.32. The van der Waals surface area contributed by atoms with E-state index in [9.17, 15) is 13.2 Å². The van der Waals surface area contributed by atoms with Gasteiger partial charge in [-0.2, -0.15) is 9.40 Å². The first-order chi connectivity index (χ1) is 12.6. The van der Waals surface area contributed by atoms with Gasteiger partial charge in [0.1, 0.15) is 9.23 Å². The van der Waals surface area contributed by atoms with E-state index in [-0.39, 0.29) is 17.3 Å². The van der Waals surface area contributed by atoms with Gasteiger partial charge >= 0.3 is 0 Å². The van der Waals surface area contributed by atoms with Crippen molar-refractivity contribution in [2.45, 2.75) is 25.2 Å². The quantitative estimate of drug-likeness (QED) is 0.719. The van der Waals surface area contributed by atoms with Crippen LogP contribution in [0.1, 0.15) is 28.2 Å².